The number of rotatable bonds is 2. The maximum atomic E-state index is 11.0. The van der Waals surface area contributed by atoms with Crippen molar-refractivity contribution in [1.29, 1.82) is 0 Å². The molecule has 0 unspecified atom stereocenters. The summed E-state index contributed by atoms with van der Waals surface area (Å²) in [6.45, 7) is 1.75. The third-order valence-electron chi connectivity index (χ3n) is 2.24. The highest BCUT2D eigenvalue weighted by Gasteiger charge is 2.11. The van der Waals surface area contributed by atoms with Gasteiger partial charge >= 0.3 is 11.9 Å². The van der Waals surface area contributed by atoms with Gasteiger partial charge in [0.1, 0.15) is 6.42 Å². The molecule has 0 spiro atoms. The Morgan fingerprint density at radius 3 is 2.67 bits per heavy atom. The number of ether oxygens (including phenoxy) is 1. The summed E-state index contributed by atoms with van der Waals surface area (Å²) >= 11 is 0. The van der Waals surface area contributed by atoms with Crippen LogP contribution in [0.25, 0.3) is 0 Å². The summed E-state index contributed by atoms with van der Waals surface area (Å²) in [7, 11) is 1.27. The molecule has 94 valence electrons. The molecule has 0 saturated heterocycles. The average molecular weight is 247 g/mol. The van der Waals surface area contributed by atoms with Gasteiger partial charge in [-0.2, -0.15) is 0 Å². The number of nitrogen functional groups attached to an aromatic ring is 1. The Kier molecular flexibility index (Phi) is 4.33. The molecular weight excluding hydrogens is 234 g/mol. The fraction of sp³-hybridized carbons (Fsp3) is 0.231. The monoisotopic (exact) mass is 247 g/mol. The third-order valence-corrected chi connectivity index (χ3v) is 2.24. The molecule has 0 saturated carbocycles. The molecule has 0 aliphatic carbocycles. The van der Waals surface area contributed by atoms with Crippen LogP contribution in [-0.2, 0) is 9.53 Å². The van der Waals surface area contributed by atoms with Crippen molar-refractivity contribution in [2.75, 3.05) is 12.8 Å². The minimum absolute atomic E-state index is 0.0115. The first-order chi connectivity index (χ1) is 8.45. The Hall–Kier alpha value is -2.48. The van der Waals surface area contributed by atoms with E-state index in [1.165, 1.54) is 13.2 Å². The van der Waals surface area contributed by atoms with Crippen LogP contribution in [0.2, 0.25) is 0 Å². The molecule has 0 bridgehead atoms. The van der Waals surface area contributed by atoms with Gasteiger partial charge in [-0.3, -0.25) is 4.79 Å². The van der Waals surface area contributed by atoms with E-state index in [-0.39, 0.29) is 17.7 Å². The third kappa shape index (κ3) is 3.25. The number of benzene rings is 1. The smallest absolute Gasteiger partial charge is 0.337 e. The van der Waals surface area contributed by atoms with E-state index in [1.807, 2.05) is 0 Å². The molecular formula is C13H13NO4. The number of hydrogen-bond acceptors (Lipinski definition) is 4. The van der Waals surface area contributed by atoms with Gasteiger partial charge in [0.15, 0.2) is 0 Å². The number of carboxylic acids is 1. The Balaban J connectivity index is 3.10. The van der Waals surface area contributed by atoms with Crippen LogP contribution in [0.3, 0.4) is 0 Å². The van der Waals surface area contributed by atoms with Crippen molar-refractivity contribution in [2.45, 2.75) is 13.3 Å². The first-order valence-corrected chi connectivity index (χ1v) is 5.14. The Bertz CT molecular complexity index is 552. The molecule has 0 atom stereocenters. The van der Waals surface area contributed by atoms with E-state index in [0.717, 1.165) is 5.56 Å². The molecule has 0 aliphatic heterocycles. The lowest BCUT2D eigenvalue weighted by Crippen LogP contribution is -2.05. The van der Waals surface area contributed by atoms with Crippen LogP contribution in [0.15, 0.2) is 12.1 Å². The normalized spacial score (nSPS) is 9.22. The van der Waals surface area contributed by atoms with E-state index in [0.29, 0.717) is 5.56 Å². The Morgan fingerprint density at radius 1 is 1.44 bits per heavy atom. The summed E-state index contributed by atoms with van der Waals surface area (Å²) in [6, 6.07) is 3.15. The molecule has 1 aromatic carbocycles. The number of carboxylic acid groups (broad SMARTS) is 1. The molecule has 5 heteroatoms. The van der Waals surface area contributed by atoms with Crippen molar-refractivity contribution in [3.63, 3.8) is 0 Å². The van der Waals surface area contributed by atoms with E-state index in [2.05, 4.69) is 16.6 Å². The van der Waals surface area contributed by atoms with Crippen LogP contribution < -0.4 is 5.73 Å². The van der Waals surface area contributed by atoms with Gasteiger partial charge in [-0.05, 0) is 24.6 Å². The van der Waals surface area contributed by atoms with Crippen LogP contribution in [-0.4, -0.2) is 24.2 Å². The minimum Gasteiger partial charge on any atom is -0.478 e. The zero-order valence-electron chi connectivity index (χ0n) is 10.1. The number of methoxy groups -OCH3 is 1. The summed E-state index contributed by atoms with van der Waals surface area (Å²) in [5, 5.41) is 8.96. The molecule has 0 aliphatic rings. The number of carbonyl (C=O) groups is 2. The second kappa shape index (κ2) is 5.73. The van der Waals surface area contributed by atoms with Crippen LogP contribution in [0.4, 0.5) is 5.69 Å². The second-order valence-corrected chi connectivity index (χ2v) is 3.63. The number of nitrogens with two attached hydrogens (primary N) is 1. The van der Waals surface area contributed by atoms with E-state index in [4.69, 9.17) is 10.8 Å². The van der Waals surface area contributed by atoms with Gasteiger partial charge in [0.05, 0.1) is 18.4 Å². The molecule has 0 amide bonds. The zero-order chi connectivity index (χ0) is 13.7. The topological polar surface area (TPSA) is 89.6 Å². The largest absolute Gasteiger partial charge is 0.478 e. The quantitative estimate of drug-likeness (QED) is 0.465. The van der Waals surface area contributed by atoms with Gasteiger partial charge in [0, 0.05) is 5.56 Å². The highest BCUT2D eigenvalue weighted by Crippen LogP contribution is 2.19. The van der Waals surface area contributed by atoms with Gasteiger partial charge in [-0.25, -0.2) is 4.79 Å². The number of esters is 1. The molecule has 1 aromatic rings. The van der Waals surface area contributed by atoms with E-state index in [1.54, 1.807) is 13.0 Å². The van der Waals surface area contributed by atoms with Crippen molar-refractivity contribution in [2.24, 2.45) is 0 Å². The molecule has 0 heterocycles. The van der Waals surface area contributed by atoms with Crippen LogP contribution in [0.1, 0.15) is 27.9 Å². The predicted octanol–water partition coefficient (Wildman–Crippen LogP) is 1.19. The molecule has 0 fully saturated rings. The average Bonchev–Trinajstić information content (AvgIpc) is 2.32. The van der Waals surface area contributed by atoms with Crippen molar-refractivity contribution >= 4 is 17.6 Å². The van der Waals surface area contributed by atoms with Crippen molar-refractivity contribution < 1.29 is 19.4 Å². The van der Waals surface area contributed by atoms with Gasteiger partial charge in [-0.1, -0.05) is 11.8 Å². The molecule has 18 heavy (non-hydrogen) atoms. The minimum atomic E-state index is -1.10. The number of hydrogen-bond donors (Lipinski definition) is 2. The molecule has 5 nitrogen and oxygen atoms in total. The van der Waals surface area contributed by atoms with Crippen LogP contribution in [0, 0.1) is 18.8 Å². The predicted molar refractivity (Wildman–Crippen MR) is 66.1 cm³/mol. The number of carbonyl (C=O) groups excluding carboxylic acids is 1. The van der Waals surface area contributed by atoms with E-state index in [9.17, 15) is 9.59 Å². The van der Waals surface area contributed by atoms with E-state index >= 15 is 0 Å². The lowest BCUT2D eigenvalue weighted by Gasteiger charge is -2.05. The van der Waals surface area contributed by atoms with Gasteiger partial charge in [-0.15, -0.1) is 0 Å². The number of anilines is 1. The van der Waals surface area contributed by atoms with Gasteiger partial charge in [0.25, 0.3) is 0 Å². The zero-order valence-corrected chi connectivity index (χ0v) is 10.1. The Labute approximate surface area is 105 Å². The first-order valence-electron chi connectivity index (χ1n) is 5.14. The number of aryl methyl sites for hydroxylation is 1. The summed E-state index contributed by atoms with van der Waals surface area (Å²) in [5.41, 5.74) is 6.96. The highest BCUT2D eigenvalue weighted by molar-refractivity contribution is 5.95. The summed E-state index contributed by atoms with van der Waals surface area (Å²) < 4.78 is 4.44. The number of aromatic carboxylic acids is 1. The maximum absolute atomic E-state index is 11.0. The van der Waals surface area contributed by atoms with Crippen molar-refractivity contribution in [3.05, 3.63) is 28.8 Å². The lowest BCUT2D eigenvalue weighted by atomic mass is 10.0. The van der Waals surface area contributed by atoms with E-state index < -0.39 is 11.9 Å². The lowest BCUT2D eigenvalue weighted by molar-refractivity contribution is -0.139. The summed E-state index contributed by atoms with van der Waals surface area (Å²) in [6.07, 6.45) is -0.0632. The highest BCUT2D eigenvalue weighted by atomic mass is 16.5. The SMILES string of the molecule is COC(=O)CC#Cc1cc(C)cc(C(=O)O)c1N. The summed E-state index contributed by atoms with van der Waals surface area (Å²) in [4.78, 5) is 21.8. The molecule has 0 aromatic heterocycles. The van der Waals surface area contributed by atoms with Crippen molar-refractivity contribution in [1.82, 2.24) is 0 Å². The maximum Gasteiger partial charge on any atom is 0.337 e. The first kappa shape index (κ1) is 13.6. The fourth-order valence-electron chi connectivity index (χ4n) is 1.36. The van der Waals surface area contributed by atoms with Crippen molar-refractivity contribution in [3.8, 4) is 11.8 Å². The van der Waals surface area contributed by atoms with Gasteiger partial charge in [0.2, 0.25) is 0 Å². The molecule has 3 N–H and O–H groups in total. The summed E-state index contributed by atoms with van der Waals surface area (Å²) in [5.74, 6) is 3.71. The van der Waals surface area contributed by atoms with Crippen LogP contribution >= 0.6 is 0 Å². The second-order valence-electron chi connectivity index (χ2n) is 3.63. The molecule has 1 rings (SSSR count). The Morgan fingerprint density at radius 2 is 2.11 bits per heavy atom. The van der Waals surface area contributed by atoms with Crippen LogP contribution in [0.5, 0.6) is 0 Å². The molecule has 0 radical (unpaired) electrons. The van der Waals surface area contributed by atoms with Gasteiger partial charge < -0.3 is 15.6 Å². The fourth-order valence-corrected chi connectivity index (χ4v) is 1.36. The standard InChI is InChI=1S/C13H13NO4/c1-8-6-9(4-3-5-11(15)18-2)12(14)10(7-8)13(16)17/h6-7H,5,14H2,1-2H3,(H,16,17).